The SMILES string of the molecule is O=C(Nc1ccccc1-c1ccncc1)N[C@@H]1CCc2[nH]ncc2C1. The number of amides is 2. The molecule has 3 N–H and O–H groups in total. The van der Waals surface area contributed by atoms with Crippen LogP contribution in [0.2, 0.25) is 0 Å². The molecular formula is C19H19N5O. The number of hydrogen-bond donors (Lipinski definition) is 3. The first-order chi connectivity index (χ1) is 12.3. The third-order valence-electron chi connectivity index (χ3n) is 4.52. The monoisotopic (exact) mass is 333 g/mol. The normalized spacial score (nSPS) is 16.1. The summed E-state index contributed by atoms with van der Waals surface area (Å²) in [6.45, 7) is 0. The van der Waals surface area contributed by atoms with Gasteiger partial charge >= 0.3 is 6.03 Å². The molecule has 2 amide bonds. The van der Waals surface area contributed by atoms with Crippen molar-refractivity contribution in [2.45, 2.75) is 25.3 Å². The number of para-hydroxylation sites is 1. The van der Waals surface area contributed by atoms with E-state index >= 15 is 0 Å². The molecule has 0 aliphatic heterocycles. The molecule has 4 rings (SSSR count). The van der Waals surface area contributed by atoms with E-state index in [2.05, 4.69) is 25.8 Å². The van der Waals surface area contributed by atoms with E-state index in [1.807, 2.05) is 42.6 Å². The van der Waals surface area contributed by atoms with Crippen LogP contribution in [0.1, 0.15) is 17.7 Å². The van der Waals surface area contributed by atoms with E-state index in [9.17, 15) is 4.79 Å². The molecule has 0 bridgehead atoms. The summed E-state index contributed by atoms with van der Waals surface area (Å²) in [5.41, 5.74) is 5.15. The number of benzene rings is 1. The number of nitrogens with one attached hydrogen (secondary N) is 3. The molecule has 1 aliphatic carbocycles. The van der Waals surface area contributed by atoms with Crippen LogP contribution in [-0.2, 0) is 12.8 Å². The van der Waals surface area contributed by atoms with E-state index < -0.39 is 0 Å². The minimum Gasteiger partial charge on any atom is -0.335 e. The van der Waals surface area contributed by atoms with Crippen molar-refractivity contribution in [2.24, 2.45) is 0 Å². The number of aromatic nitrogens is 3. The van der Waals surface area contributed by atoms with Crippen molar-refractivity contribution < 1.29 is 4.79 Å². The van der Waals surface area contributed by atoms with Crippen LogP contribution >= 0.6 is 0 Å². The molecule has 2 heterocycles. The van der Waals surface area contributed by atoms with Crippen LogP contribution in [-0.4, -0.2) is 27.3 Å². The number of carbonyl (C=O) groups excluding carboxylic acids is 1. The Hall–Kier alpha value is -3.15. The van der Waals surface area contributed by atoms with Crippen molar-refractivity contribution in [3.63, 3.8) is 0 Å². The third kappa shape index (κ3) is 3.38. The highest BCUT2D eigenvalue weighted by Gasteiger charge is 2.21. The standard InChI is InChI=1S/C19H19N5O/c25-19(22-15-5-6-17-14(11-15)12-21-24-17)23-18-4-2-1-3-16(18)13-7-9-20-10-8-13/h1-4,7-10,12,15H,5-6,11H2,(H,21,24)(H2,22,23,25)/t15-/m1/s1. The zero-order valence-electron chi connectivity index (χ0n) is 13.7. The molecule has 1 aliphatic rings. The Kier molecular flexibility index (Phi) is 4.16. The topological polar surface area (TPSA) is 82.7 Å². The van der Waals surface area contributed by atoms with Gasteiger partial charge in [-0.3, -0.25) is 10.1 Å². The molecule has 0 saturated carbocycles. The number of fused-ring (bicyclic) bond motifs is 1. The number of urea groups is 1. The first-order valence-electron chi connectivity index (χ1n) is 8.37. The minimum atomic E-state index is -0.182. The van der Waals surface area contributed by atoms with Crippen LogP contribution < -0.4 is 10.6 Å². The Balaban J connectivity index is 1.45. The average Bonchev–Trinajstić information content (AvgIpc) is 3.10. The Bertz CT molecular complexity index is 874. The maximum absolute atomic E-state index is 12.5. The van der Waals surface area contributed by atoms with Crippen LogP contribution in [0, 0.1) is 0 Å². The smallest absolute Gasteiger partial charge is 0.319 e. The Morgan fingerprint density at radius 2 is 2.00 bits per heavy atom. The lowest BCUT2D eigenvalue weighted by atomic mass is 9.94. The first kappa shape index (κ1) is 15.4. The molecule has 0 fully saturated rings. The minimum absolute atomic E-state index is 0.123. The van der Waals surface area contributed by atoms with Crippen molar-refractivity contribution in [1.29, 1.82) is 0 Å². The Morgan fingerprint density at radius 3 is 2.88 bits per heavy atom. The number of hydrogen-bond acceptors (Lipinski definition) is 3. The highest BCUT2D eigenvalue weighted by atomic mass is 16.2. The van der Waals surface area contributed by atoms with Crippen LogP contribution in [0.25, 0.3) is 11.1 Å². The van der Waals surface area contributed by atoms with Gasteiger partial charge in [0.15, 0.2) is 0 Å². The molecule has 0 unspecified atom stereocenters. The highest BCUT2D eigenvalue weighted by molar-refractivity contribution is 5.94. The van der Waals surface area contributed by atoms with Gasteiger partial charge in [-0.25, -0.2) is 4.79 Å². The van der Waals surface area contributed by atoms with Crippen LogP contribution in [0.15, 0.2) is 55.0 Å². The van der Waals surface area contributed by atoms with Gasteiger partial charge in [-0.05, 0) is 48.6 Å². The van der Waals surface area contributed by atoms with E-state index in [-0.39, 0.29) is 12.1 Å². The van der Waals surface area contributed by atoms with Crippen LogP contribution in [0.3, 0.4) is 0 Å². The van der Waals surface area contributed by atoms with Gasteiger partial charge in [0.05, 0.1) is 11.9 Å². The average molecular weight is 333 g/mol. The van der Waals surface area contributed by atoms with Crippen molar-refractivity contribution in [2.75, 3.05) is 5.32 Å². The Morgan fingerprint density at radius 1 is 1.16 bits per heavy atom. The molecule has 6 nitrogen and oxygen atoms in total. The van der Waals surface area contributed by atoms with Gasteiger partial charge in [0.2, 0.25) is 0 Å². The van der Waals surface area contributed by atoms with E-state index in [1.165, 1.54) is 11.3 Å². The maximum Gasteiger partial charge on any atom is 0.319 e. The number of H-pyrrole nitrogens is 1. The number of aromatic amines is 1. The van der Waals surface area contributed by atoms with E-state index in [0.29, 0.717) is 0 Å². The number of carbonyl (C=O) groups is 1. The molecule has 25 heavy (non-hydrogen) atoms. The number of rotatable bonds is 3. The first-order valence-corrected chi connectivity index (χ1v) is 8.37. The van der Waals surface area contributed by atoms with Crippen molar-refractivity contribution in [3.8, 4) is 11.1 Å². The summed E-state index contributed by atoms with van der Waals surface area (Å²) in [6, 6.07) is 11.6. The predicted octanol–water partition coefficient (Wildman–Crippen LogP) is 3.15. The largest absolute Gasteiger partial charge is 0.335 e. The predicted molar refractivity (Wildman–Crippen MR) is 96.2 cm³/mol. The second-order valence-corrected chi connectivity index (χ2v) is 6.19. The summed E-state index contributed by atoms with van der Waals surface area (Å²) < 4.78 is 0. The van der Waals surface area contributed by atoms with Crippen LogP contribution in [0.4, 0.5) is 10.5 Å². The highest BCUT2D eigenvalue weighted by Crippen LogP contribution is 2.27. The summed E-state index contributed by atoms with van der Waals surface area (Å²) >= 11 is 0. The molecule has 1 aromatic carbocycles. The van der Waals surface area contributed by atoms with Gasteiger partial charge < -0.3 is 10.6 Å². The van der Waals surface area contributed by atoms with Crippen molar-refractivity contribution in [1.82, 2.24) is 20.5 Å². The van der Waals surface area contributed by atoms with Gasteiger partial charge in [0.25, 0.3) is 0 Å². The summed E-state index contributed by atoms with van der Waals surface area (Å²) in [6.07, 6.45) is 7.97. The number of pyridine rings is 1. The lowest BCUT2D eigenvalue weighted by molar-refractivity contribution is 0.247. The van der Waals surface area contributed by atoms with E-state index in [1.54, 1.807) is 12.4 Å². The molecule has 6 heteroatoms. The lowest BCUT2D eigenvalue weighted by Crippen LogP contribution is -2.41. The zero-order valence-corrected chi connectivity index (χ0v) is 13.7. The summed E-state index contributed by atoms with van der Waals surface area (Å²) in [5.74, 6) is 0. The van der Waals surface area contributed by atoms with E-state index in [0.717, 1.165) is 36.1 Å². The van der Waals surface area contributed by atoms with Gasteiger partial charge in [0, 0.05) is 29.7 Å². The molecule has 0 radical (unpaired) electrons. The maximum atomic E-state index is 12.5. The fourth-order valence-corrected chi connectivity index (χ4v) is 3.26. The van der Waals surface area contributed by atoms with Crippen molar-refractivity contribution in [3.05, 3.63) is 66.2 Å². The summed E-state index contributed by atoms with van der Waals surface area (Å²) in [7, 11) is 0. The molecule has 2 aromatic heterocycles. The quantitative estimate of drug-likeness (QED) is 0.688. The van der Waals surface area contributed by atoms with E-state index in [4.69, 9.17) is 0 Å². The summed E-state index contributed by atoms with van der Waals surface area (Å²) in [4.78, 5) is 16.5. The molecule has 0 spiro atoms. The van der Waals surface area contributed by atoms with Crippen molar-refractivity contribution >= 4 is 11.7 Å². The molecular weight excluding hydrogens is 314 g/mol. The lowest BCUT2D eigenvalue weighted by Gasteiger charge is -2.23. The molecule has 126 valence electrons. The fraction of sp³-hybridized carbons (Fsp3) is 0.211. The third-order valence-corrected chi connectivity index (χ3v) is 4.52. The number of nitrogens with zero attached hydrogens (tertiary/aromatic N) is 2. The van der Waals surface area contributed by atoms with Gasteiger partial charge in [-0.2, -0.15) is 5.10 Å². The van der Waals surface area contributed by atoms with Gasteiger partial charge in [-0.1, -0.05) is 18.2 Å². The van der Waals surface area contributed by atoms with Crippen LogP contribution in [0.5, 0.6) is 0 Å². The Labute approximate surface area is 145 Å². The number of anilines is 1. The second-order valence-electron chi connectivity index (χ2n) is 6.19. The van der Waals surface area contributed by atoms with Gasteiger partial charge in [-0.15, -0.1) is 0 Å². The zero-order chi connectivity index (χ0) is 17.1. The summed E-state index contributed by atoms with van der Waals surface area (Å²) in [5, 5.41) is 13.1. The molecule has 1 atom stereocenters. The van der Waals surface area contributed by atoms with Gasteiger partial charge in [0.1, 0.15) is 0 Å². The second kappa shape index (κ2) is 6.76. The molecule has 0 saturated heterocycles. The fourth-order valence-electron chi connectivity index (χ4n) is 3.26. The molecule has 3 aromatic rings. The number of aryl methyl sites for hydroxylation is 1.